The van der Waals surface area contributed by atoms with Crippen molar-refractivity contribution in [3.8, 4) is 0 Å². The lowest BCUT2D eigenvalue weighted by atomic mass is 9.09. The van der Waals surface area contributed by atoms with Crippen LogP contribution >= 0.6 is 0 Å². The first-order chi connectivity index (χ1) is 29.2. The molecule has 0 radical (unpaired) electrons. The second kappa shape index (κ2) is 17.2. The zero-order valence-electron chi connectivity index (χ0n) is 30.9. The van der Waals surface area contributed by atoms with E-state index in [9.17, 15) is 111 Å². The molecule has 1 atom stereocenters. The van der Waals surface area contributed by atoms with Crippen molar-refractivity contribution in [1.82, 2.24) is 0 Å². The first-order valence-corrected chi connectivity index (χ1v) is 17.1. The third kappa shape index (κ3) is 11.5. The van der Waals surface area contributed by atoms with Gasteiger partial charge in [-0.05, 0) is 30.1 Å². The van der Waals surface area contributed by atoms with E-state index in [0.717, 1.165) is 0 Å². The van der Waals surface area contributed by atoms with Crippen LogP contribution in [0, 0.1) is 0 Å². The molecule has 4 aromatic rings. The first kappa shape index (κ1) is 51.8. The number of rotatable bonds is 4. The molecular formula is C38H18BF24N2-. The van der Waals surface area contributed by atoms with Crippen LogP contribution in [0.5, 0.6) is 0 Å². The predicted octanol–water partition coefficient (Wildman–Crippen LogP) is 13.0. The van der Waals surface area contributed by atoms with E-state index < -0.39 is 195 Å². The van der Waals surface area contributed by atoms with Crippen LogP contribution in [0.4, 0.5) is 105 Å². The molecule has 0 aromatic heterocycles. The molecule has 0 bridgehead atoms. The molecule has 0 saturated heterocycles. The fraction of sp³-hybridized carbons (Fsp3) is 0.237. The Morgan fingerprint density at radius 3 is 0.785 bits per heavy atom. The van der Waals surface area contributed by atoms with Crippen LogP contribution in [0.1, 0.15) is 33.4 Å². The molecule has 0 N–H and O–H groups in total. The third-order valence-corrected chi connectivity index (χ3v) is 9.60. The Morgan fingerprint density at radius 1 is 0.354 bits per heavy atom. The van der Waals surface area contributed by atoms with E-state index in [0.29, 0.717) is 0 Å². The summed E-state index contributed by atoms with van der Waals surface area (Å²) in [7, 11) is 0. The molecule has 1 aliphatic carbocycles. The minimum absolute atomic E-state index is 0.766. The normalized spacial score (nSPS) is 16.0. The SMILES string of the molecule is [N-]=[N+]=C1C(C(F)(F)F)=CC(C(F)(F)F)=CC1[B-](c1cc(C(F)(F)F)cc(C(F)(F)F)c1)(c1cc(C(F)(F)F)cc(C(F)(F)F)c1)c1cc(C(F)(F)F)cc(C(F)(F)F)c1.c1ccccc1. The van der Waals surface area contributed by atoms with Gasteiger partial charge in [-0.15, -0.1) is 0 Å². The molecule has 0 saturated carbocycles. The van der Waals surface area contributed by atoms with Crippen molar-refractivity contribution in [2.24, 2.45) is 0 Å². The lowest BCUT2D eigenvalue weighted by molar-refractivity contribution is -0.144. The Kier molecular flexibility index (Phi) is 13.7. The van der Waals surface area contributed by atoms with Gasteiger partial charge in [-0.1, -0.05) is 78.9 Å². The maximum atomic E-state index is 14.5. The molecule has 0 heterocycles. The monoisotopic (exact) mass is 969 g/mol. The maximum absolute atomic E-state index is 14.5. The van der Waals surface area contributed by atoms with Gasteiger partial charge in [0, 0.05) is 0 Å². The summed E-state index contributed by atoms with van der Waals surface area (Å²) in [6, 6.07) is 4.79. The van der Waals surface area contributed by atoms with Gasteiger partial charge in [0.15, 0.2) is 0 Å². The summed E-state index contributed by atoms with van der Waals surface area (Å²) in [5.74, 6) is -3.95. The zero-order valence-corrected chi connectivity index (χ0v) is 30.9. The van der Waals surface area contributed by atoms with Crippen molar-refractivity contribution >= 4 is 28.2 Å². The Morgan fingerprint density at radius 2 is 0.600 bits per heavy atom. The van der Waals surface area contributed by atoms with Crippen molar-refractivity contribution in [3.05, 3.63) is 153 Å². The lowest BCUT2D eigenvalue weighted by Gasteiger charge is -2.49. The smallest absolute Gasteiger partial charge is 0.361 e. The van der Waals surface area contributed by atoms with Gasteiger partial charge in [0.2, 0.25) is 0 Å². The van der Waals surface area contributed by atoms with Gasteiger partial charge >= 0.3 is 49.4 Å². The zero-order chi connectivity index (χ0) is 49.7. The van der Waals surface area contributed by atoms with Crippen molar-refractivity contribution in [3.63, 3.8) is 0 Å². The van der Waals surface area contributed by atoms with Crippen LogP contribution in [0.15, 0.2) is 114 Å². The Hall–Kier alpha value is -5.88. The highest BCUT2D eigenvalue weighted by atomic mass is 19.4. The van der Waals surface area contributed by atoms with E-state index in [2.05, 4.69) is 4.79 Å². The average Bonchev–Trinajstić information content (AvgIpc) is 3.16. The molecule has 352 valence electrons. The van der Waals surface area contributed by atoms with Gasteiger partial charge in [-0.25, -0.2) is 0 Å². The Balaban J connectivity index is 0.00000142. The molecule has 2 nitrogen and oxygen atoms in total. The molecule has 5 rings (SSSR count). The topological polar surface area (TPSA) is 36.4 Å². The molecule has 1 unspecified atom stereocenters. The fourth-order valence-electron chi connectivity index (χ4n) is 6.94. The summed E-state index contributed by atoms with van der Waals surface area (Å²) >= 11 is 0. The van der Waals surface area contributed by atoms with Gasteiger partial charge in [-0.2, -0.15) is 127 Å². The molecule has 27 heteroatoms. The highest BCUT2D eigenvalue weighted by Gasteiger charge is 2.56. The van der Waals surface area contributed by atoms with Crippen LogP contribution < -0.4 is 16.4 Å². The maximum Gasteiger partial charge on any atom is 0.423 e. The number of halogens is 24. The number of allylic oxidation sites excluding steroid dienone is 4. The molecule has 4 aromatic carbocycles. The highest BCUT2D eigenvalue weighted by molar-refractivity contribution is 7.14. The van der Waals surface area contributed by atoms with E-state index in [-0.39, 0.29) is 0 Å². The number of hydrogen-bond acceptors (Lipinski definition) is 0. The van der Waals surface area contributed by atoms with E-state index in [1.807, 2.05) is 36.4 Å². The van der Waals surface area contributed by atoms with Crippen molar-refractivity contribution in [2.45, 2.75) is 55.2 Å². The predicted molar refractivity (Wildman–Crippen MR) is 181 cm³/mol. The fourth-order valence-corrected chi connectivity index (χ4v) is 6.94. The van der Waals surface area contributed by atoms with Crippen LogP contribution in [0.2, 0.25) is 5.82 Å². The summed E-state index contributed by atoms with van der Waals surface area (Å²) in [5.41, 5.74) is -21.9. The van der Waals surface area contributed by atoms with Crippen molar-refractivity contribution in [2.75, 3.05) is 0 Å². The quantitative estimate of drug-likeness (QED) is 0.0846. The Bertz CT molecular complexity index is 2180. The molecule has 0 fully saturated rings. The number of benzene rings is 4. The van der Waals surface area contributed by atoms with E-state index in [4.69, 9.17) is 0 Å². The van der Waals surface area contributed by atoms with Crippen LogP contribution in [0.25, 0.3) is 5.53 Å². The second-order valence-electron chi connectivity index (χ2n) is 13.8. The first-order valence-electron chi connectivity index (χ1n) is 17.1. The van der Waals surface area contributed by atoms with Gasteiger partial charge in [0.1, 0.15) is 11.7 Å². The van der Waals surface area contributed by atoms with Crippen molar-refractivity contribution < 1.29 is 110 Å². The molecule has 0 aliphatic heterocycles. The largest absolute Gasteiger partial charge is 0.423 e. The van der Waals surface area contributed by atoms with E-state index in [1.165, 1.54) is 0 Å². The molecule has 65 heavy (non-hydrogen) atoms. The molecule has 0 amide bonds. The van der Waals surface area contributed by atoms with Crippen LogP contribution in [0.3, 0.4) is 0 Å². The summed E-state index contributed by atoms with van der Waals surface area (Å²) in [5, 5.41) is 0. The summed E-state index contributed by atoms with van der Waals surface area (Å²) < 4.78 is 344. The minimum atomic E-state index is -6.37. The van der Waals surface area contributed by atoms with Crippen LogP contribution in [-0.4, -0.2) is 29.0 Å². The van der Waals surface area contributed by atoms with E-state index >= 15 is 0 Å². The minimum Gasteiger partial charge on any atom is -0.361 e. The van der Waals surface area contributed by atoms with Gasteiger partial charge in [0.05, 0.1) is 39.0 Å². The number of nitrogens with zero attached hydrogens (tertiary/aromatic N) is 2. The summed E-state index contributed by atoms with van der Waals surface area (Å²) in [6.45, 7) is 0. The second-order valence-corrected chi connectivity index (χ2v) is 13.8. The molecule has 0 spiro atoms. The lowest BCUT2D eigenvalue weighted by Crippen LogP contribution is -2.72. The van der Waals surface area contributed by atoms with Gasteiger partial charge in [0.25, 0.3) is 5.71 Å². The van der Waals surface area contributed by atoms with Gasteiger partial charge < -0.3 is 5.53 Å². The summed E-state index contributed by atoms with van der Waals surface area (Å²) in [6.07, 6.45) is -57.6. The molecular weight excluding hydrogens is 951 g/mol. The Labute approximate surface area is 347 Å². The standard InChI is InChI=1S/C32H12BF24N2.C6H6/c34-25(35,36)12-1-13(26(37,38)39)5-19(4-12)33(20-6-14(27(40,41)42)2-15(7-20)28(43,44)45,21-8-16(29(46,47)48)3-17(9-21)30(49,50)51)23-11-18(31(52,53)54)10-22(24(23)59-58)32(55,56)57;1-2-4-6-5-3-1/h1-11,23H;1-6H/q-1;. The number of alkyl halides is 24. The average molecular weight is 969 g/mol. The van der Waals surface area contributed by atoms with Gasteiger partial charge in [-0.3, -0.25) is 0 Å². The van der Waals surface area contributed by atoms with Crippen molar-refractivity contribution in [1.29, 1.82) is 0 Å². The highest BCUT2D eigenvalue weighted by Crippen LogP contribution is 2.46. The van der Waals surface area contributed by atoms with Crippen LogP contribution in [-0.2, 0) is 37.1 Å². The number of hydrogen-bond donors (Lipinski definition) is 0. The summed E-state index contributed by atoms with van der Waals surface area (Å²) in [4.78, 5) is 2.06. The third-order valence-electron chi connectivity index (χ3n) is 9.60. The van der Waals surface area contributed by atoms with E-state index in [1.54, 1.807) is 0 Å². The molecule has 1 aliphatic rings.